The Morgan fingerprint density at radius 3 is 2.38 bits per heavy atom. The van der Waals surface area contributed by atoms with Crippen molar-refractivity contribution in [3.05, 3.63) is 64.0 Å². The van der Waals surface area contributed by atoms with Crippen LogP contribution in [-0.4, -0.2) is 11.5 Å². The van der Waals surface area contributed by atoms with Crippen LogP contribution in [0, 0.1) is 27.7 Å². The van der Waals surface area contributed by atoms with Crippen LogP contribution in [0.5, 0.6) is 0 Å². The summed E-state index contributed by atoms with van der Waals surface area (Å²) in [5.74, 6) is 0. The van der Waals surface area contributed by atoms with Gasteiger partial charge in [0.2, 0.25) is 0 Å². The third kappa shape index (κ3) is 3.51. The Kier molecular flexibility index (Phi) is 5.13. The Hall–Kier alpha value is -1.67. The van der Waals surface area contributed by atoms with Crippen molar-refractivity contribution in [3.63, 3.8) is 0 Å². The van der Waals surface area contributed by atoms with Crippen LogP contribution in [0.1, 0.15) is 52.9 Å². The van der Waals surface area contributed by atoms with Crippen molar-refractivity contribution in [2.24, 2.45) is 0 Å². The average molecular weight is 282 g/mol. The molecule has 2 aromatic rings. The largest absolute Gasteiger partial charge is 0.305 e. The Labute approximate surface area is 128 Å². The zero-order chi connectivity index (χ0) is 15.4. The van der Waals surface area contributed by atoms with E-state index in [1.165, 1.54) is 27.8 Å². The standard InChI is InChI=1S/C19H26N2/c1-6-9-20-19(18-13(2)8-7-10-21-18)17-12-15(4)14(3)11-16(17)5/h7-8,10-12,19-20H,6,9H2,1-5H3. The van der Waals surface area contributed by atoms with E-state index in [2.05, 4.69) is 63.1 Å². The first-order chi connectivity index (χ1) is 10.0. The van der Waals surface area contributed by atoms with Gasteiger partial charge in [-0.3, -0.25) is 4.98 Å². The number of aromatic nitrogens is 1. The van der Waals surface area contributed by atoms with Crippen molar-refractivity contribution in [1.82, 2.24) is 10.3 Å². The minimum absolute atomic E-state index is 0.172. The van der Waals surface area contributed by atoms with Crippen LogP contribution >= 0.6 is 0 Å². The van der Waals surface area contributed by atoms with E-state index in [1.807, 2.05) is 12.3 Å². The zero-order valence-corrected chi connectivity index (χ0v) is 13.8. The predicted octanol–water partition coefficient (Wildman–Crippen LogP) is 4.40. The van der Waals surface area contributed by atoms with Gasteiger partial charge in [0.15, 0.2) is 0 Å². The van der Waals surface area contributed by atoms with Gasteiger partial charge in [0.1, 0.15) is 0 Å². The maximum absolute atomic E-state index is 4.64. The zero-order valence-electron chi connectivity index (χ0n) is 13.8. The van der Waals surface area contributed by atoms with Gasteiger partial charge in [-0.1, -0.05) is 25.1 Å². The highest BCUT2D eigenvalue weighted by Crippen LogP contribution is 2.28. The Morgan fingerprint density at radius 1 is 1.00 bits per heavy atom. The summed E-state index contributed by atoms with van der Waals surface area (Å²) in [5, 5.41) is 3.67. The summed E-state index contributed by atoms with van der Waals surface area (Å²) in [6, 6.07) is 8.91. The molecule has 2 nitrogen and oxygen atoms in total. The first-order valence-electron chi connectivity index (χ1n) is 7.77. The Morgan fingerprint density at radius 2 is 1.71 bits per heavy atom. The van der Waals surface area contributed by atoms with Gasteiger partial charge in [-0.15, -0.1) is 0 Å². The number of nitrogens with one attached hydrogen (secondary N) is 1. The minimum Gasteiger partial charge on any atom is -0.305 e. The second kappa shape index (κ2) is 6.86. The topological polar surface area (TPSA) is 24.9 Å². The molecule has 0 radical (unpaired) electrons. The first kappa shape index (κ1) is 15.7. The fourth-order valence-corrected chi connectivity index (χ4v) is 2.74. The van der Waals surface area contributed by atoms with Crippen LogP contribution in [0.15, 0.2) is 30.5 Å². The third-order valence-electron chi connectivity index (χ3n) is 4.12. The maximum Gasteiger partial charge on any atom is 0.0756 e. The molecule has 0 spiro atoms. The summed E-state index contributed by atoms with van der Waals surface area (Å²) in [7, 11) is 0. The highest BCUT2D eigenvalue weighted by molar-refractivity contribution is 5.42. The monoisotopic (exact) mass is 282 g/mol. The quantitative estimate of drug-likeness (QED) is 0.879. The van der Waals surface area contributed by atoms with Crippen molar-refractivity contribution in [2.45, 2.75) is 47.1 Å². The van der Waals surface area contributed by atoms with Crippen molar-refractivity contribution in [3.8, 4) is 0 Å². The lowest BCUT2D eigenvalue weighted by Crippen LogP contribution is -2.25. The second-order valence-corrected chi connectivity index (χ2v) is 5.89. The molecule has 0 aliphatic carbocycles. The fraction of sp³-hybridized carbons (Fsp3) is 0.421. The maximum atomic E-state index is 4.64. The highest BCUT2D eigenvalue weighted by atomic mass is 14.9. The second-order valence-electron chi connectivity index (χ2n) is 5.89. The number of rotatable bonds is 5. The molecule has 1 N–H and O–H groups in total. The van der Waals surface area contributed by atoms with Crippen molar-refractivity contribution >= 4 is 0 Å². The molecular formula is C19H26N2. The SMILES string of the molecule is CCCNC(c1cc(C)c(C)cc1C)c1ncccc1C. The molecule has 1 atom stereocenters. The molecule has 0 aliphatic heterocycles. The van der Waals surface area contributed by atoms with Gasteiger partial charge in [-0.25, -0.2) is 0 Å². The van der Waals surface area contributed by atoms with Gasteiger partial charge in [-0.05, 0) is 74.5 Å². The summed E-state index contributed by atoms with van der Waals surface area (Å²) in [6.07, 6.45) is 3.01. The summed E-state index contributed by atoms with van der Waals surface area (Å²) >= 11 is 0. The van der Waals surface area contributed by atoms with Crippen LogP contribution in [0.2, 0.25) is 0 Å². The third-order valence-corrected chi connectivity index (χ3v) is 4.12. The van der Waals surface area contributed by atoms with E-state index in [0.29, 0.717) is 0 Å². The van der Waals surface area contributed by atoms with Crippen molar-refractivity contribution < 1.29 is 0 Å². The summed E-state index contributed by atoms with van der Waals surface area (Å²) < 4.78 is 0. The molecule has 21 heavy (non-hydrogen) atoms. The van der Waals surface area contributed by atoms with E-state index in [-0.39, 0.29) is 6.04 Å². The van der Waals surface area contributed by atoms with Crippen LogP contribution in [-0.2, 0) is 0 Å². The average Bonchev–Trinajstić information content (AvgIpc) is 2.46. The number of nitrogens with zero attached hydrogens (tertiary/aromatic N) is 1. The molecule has 0 saturated heterocycles. The number of benzene rings is 1. The lowest BCUT2D eigenvalue weighted by atomic mass is 9.92. The van der Waals surface area contributed by atoms with E-state index in [4.69, 9.17) is 0 Å². The van der Waals surface area contributed by atoms with Crippen LogP contribution in [0.25, 0.3) is 0 Å². The van der Waals surface area contributed by atoms with Gasteiger partial charge in [0.25, 0.3) is 0 Å². The molecule has 1 heterocycles. The van der Waals surface area contributed by atoms with Gasteiger partial charge < -0.3 is 5.32 Å². The smallest absolute Gasteiger partial charge is 0.0756 e. The predicted molar refractivity (Wildman–Crippen MR) is 89.8 cm³/mol. The minimum atomic E-state index is 0.172. The summed E-state index contributed by atoms with van der Waals surface area (Å²) in [5.41, 5.74) is 7.74. The molecule has 0 aliphatic rings. The summed E-state index contributed by atoms with van der Waals surface area (Å²) in [4.78, 5) is 4.64. The molecule has 1 unspecified atom stereocenters. The van der Waals surface area contributed by atoms with E-state index in [0.717, 1.165) is 18.7 Å². The van der Waals surface area contributed by atoms with Crippen LogP contribution < -0.4 is 5.32 Å². The van der Waals surface area contributed by atoms with E-state index < -0.39 is 0 Å². The van der Waals surface area contributed by atoms with Gasteiger partial charge in [-0.2, -0.15) is 0 Å². The molecular weight excluding hydrogens is 256 g/mol. The lowest BCUT2D eigenvalue weighted by molar-refractivity contribution is 0.581. The lowest BCUT2D eigenvalue weighted by Gasteiger charge is -2.23. The molecule has 0 amide bonds. The molecule has 1 aromatic heterocycles. The normalized spacial score (nSPS) is 12.4. The van der Waals surface area contributed by atoms with Crippen LogP contribution in [0.4, 0.5) is 0 Å². The molecule has 0 bridgehead atoms. The molecule has 0 saturated carbocycles. The summed E-state index contributed by atoms with van der Waals surface area (Å²) in [6.45, 7) is 11.9. The van der Waals surface area contributed by atoms with E-state index >= 15 is 0 Å². The molecule has 0 fully saturated rings. The molecule has 2 heteroatoms. The van der Waals surface area contributed by atoms with Gasteiger partial charge in [0, 0.05) is 6.20 Å². The Bertz CT molecular complexity index is 617. The fourth-order valence-electron chi connectivity index (χ4n) is 2.74. The highest BCUT2D eigenvalue weighted by Gasteiger charge is 2.19. The molecule has 2 rings (SSSR count). The first-order valence-corrected chi connectivity index (χ1v) is 7.77. The van der Waals surface area contributed by atoms with Crippen molar-refractivity contribution in [1.29, 1.82) is 0 Å². The molecule has 1 aromatic carbocycles. The van der Waals surface area contributed by atoms with Crippen molar-refractivity contribution in [2.75, 3.05) is 6.54 Å². The number of pyridine rings is 1. The number of aryl methyl sites for hydroxylation is 4. The van der Waals surface area contributed by atoms with Gasteiger partial charge in [0.05, 0.1) is 11.7 Å². The molecule has 112 valence electrons. The van der Waals surface area contributed by atoms with E-state index in [9.17, 15) is 0 Å². The van der Waals surface area contributed by atoms with Crippen LogP contribution in [0.3, 0.4) is 0 Å². The Balaban J connectivity index is 2.51. The van der Waals surface area contributed by atoms with Gasteiger partial charge >= 0.3 is 0 Å². The number of hydrogen-bond donors (Lipinski definition) is 1. The number of hydrogen-bond acceptors (Lipinski definition) is 2. The van der Waals surface area contributed by atoms with E-state index in [1.54, 1.807) is 0 Å².